The number of aliphatic hydroxyl groups is 1. The van der Waals surface area contributed by atoms with Crippen LogP contribution < -0.4 is 5.11 Å². The third-order valence-corrected chi connectivity index (χ3v) is 2.06. The Balaban J connectivity index is 3.26. The number of imidazole rings is 1. The standard InChI is InChI=1S/C8H9F3N2O3/c1-13-3-2-12-6(13)7(16,4-5(14)15)8(9,10)11/h2-3,16H,4H2,1H3,(H,14,15)/p-1/t7-/m0/s1. The highest BCUT2D eigenvalue weighted by Crippen LogP contribution is 2.40. The predicted octanol–water partition coefficient (Wildman–Crippen LogP) is -0.690. The van der Waals surface area contributed by atoms with Crippen molar-refractivity contribution in [2.24, 2.45) is 7.05 Å². The summed E-state index contributed by atoms with van der Waals surface area (Å²) in [6.07, 6.45) is -4.55. The first kappa shape index (κ1) is 12.5. The summed E-state index contributed by atoms with van der Waals surface area (Å²) in [5.74, 6) is -2.80. The molecule has 1 aromatic rings. The van der Waals surface area contributed by atoms with Gasteiger partial charge in [-0.25, -0.2) is 4.98 Å². The van der Waals surface area contributed by atoms with Crippen LogP contribution in [0.3, 0.4) is 0 Å². The maximum atomic E-state index is 12.6. The molecule has 0 spiro atoms. The molecular weight excluding hydrogens is 229 g/mol. The number of alkyl halides is 3. The highest BCUT2D eigenvalue weighted by Gasteiger charge is 2.57. The van der Waals surface area contributed by atoms with Gasteiger partial charge in [-0.05, 0) is 0 Å². The number of hydrogen-bond donors (Lipinski definition) is 1. The summed E-state index contributed by atoms with van der Waals surface area (Å²) in [6.45, 7) is 0. The van der Waals surface area contributed by atoms with Gasteiger partial charge in [0, 0.05) is 31.8 Å². The number of aryl methyl sites for hydroxylation is 1. The summed E-state index contributed by atoms with van der Waals surface area (Å²) >= 11 is 0. The fourth-order valence-electron chi connectivity index (χ4n) is 1.28. The maximum absolute atomic E-state index is 12.6. The minimum absolute atomic E-state index is 0.788. The second-order valence-corrected chi connectivity index (χ2v) is 3.27. The molecule has 0 amide bonds. The average molecular weight is 237 g/mol. The second kappa shape index (κ2) is 3.78. The van der Waals surface area contributed by atoms with E-state index in [2.05, 4.69) is 4.98 Å². The third kappa shape index (κ3) is 2.01. The van der Waals surface area contributed by atoms with Crippen molar-refractivity contribution in [1.29, 1.82) is 0 Å². The van der Waals surface area contributed by atoms with Gasteiger partial charge in [-0.3, -0.25) is 0 Å². The van der Waals surface area contributed by atoms with Gasteiger partial charge in [0.15, 0.2) is 0 Å². The summed E-state index contributed by atoms with van der Waals surface area (Å²) < 4.78 is 38.7. The third-order valence-electron chi connectivity index (χ3n) is 2.06. The minimum atomic E-state index is -5.15. The number of carbonyl (C=O) groups excluding carboxylic acids is 1. The molecule has 1 atom stereocenters. The molecule has 1 N–H and O–H groups in total. The molecule has 0 aromatic carbocycles. The predicted molar refractivity (Wildman–Crippen MR) is 42.8 cm³/mol. The van der Waals surface area contributed by atoms with Gasteiger partial charge < -0.3 is 19.6 Å². The Bertz CT molecular complexity index is 401. The Labute approximate surface area is 88.1 Å². The summed E-state index contributed by atoms with van der Waals surface area (Å²) in [5, 5.41) is 19.7. The van der Waals surface area contributed by atoms with Crippen molar-refractivity contribution in [3.05, 3.63) is 18.2 Å². The number of aromatic nitrogens is 2. The lowest BCUT2D eigenvalue weighted by Crippen LogP contribution is -2.48. The first-order valence-electron chi connectivity index (χ1n) is 4.15. The van der Waals surface area contributed by atoms with E-state index in [1.165, 1.54) is 13.2 Å². The van der Waals surface area contributed by atoms with Crippen LogP contribution in [0.15, 0.2) is 12.4 Å². The van der Waals surface area contributed by atoms with Crippen LogP contribution in [0.2, 0.25) is 0 Å². The van der Waals surface area contributed by atoms with E-state index in [0.29, 0.717) is 0 Å². The van der Waals surface area contributed by atoms with E-state index in [1.54, 1.807) is 0 Å². The van der Waals surface area contributed by atoms with Gasteiger partial charge in [0.05, 0.1) is 0 Å². The number of carboxylic acids is 1. The van der Waals surface area contributed by atoms with Crippen molar-refractivity contribution in [3.8, 4) is 0 Å². The Morgan fingerprint density at radius 2 is 2.19 bits per heavy atom. The molecule has 0 aliphatic rings. The molecule has 8 heteroatoms. The van der Waals surface area contributed by atoms with Crippen LogP contribution in [0.25, 0.3) is 0 Å². The second-order valence-electron chi connectivity index (χ2n) is 3.27. The number of hydrogen-bond acceptors (Lipinski definition) is 4. The molecule has 0 bridgehead atoms. The van der Waals surface area contributed by atoms with Crippen molar-refractivity contribution in [1.82, 2.24) is 9.55 Å². The molecule has 0 aliphatic carbocycles. The van der Waals surface area contributed by atoms with Crippen molar-refractivity contribution in [2.75, 3.05) is 0 Å². The van der Waals surface area contributed by atoms with E-state index in [9.17, 15) is 28.2 Å². The number of aliphatic carboxylic acids is 1. The van der Waals surface area contributed by atoms with Crippen molar-refractivity contribution in [2.45, 2.75) is 18.2 Å². The fraction of sp³-hybridized carbons (Fsp3) is 0.500. The monoisotopic (exact) mass is 237 g/mol. The minimum Gasteiger partial charge on any atom is -0.550 e. The Morgan fingerprint density at radius 3 is 2.50 bits per heavy atom. The van der Waals surface area contributed by atoms with Crippen LogP contribution in [0.1, 0.15) is 12.2 Å². The molecular formula is C8H8F3N2O3-. The topological polar surface area (TPSA) is 78.2 Å². The number of carboxylic acid groups (broad SMARTS) is 1. The zero-order valence-electron chi connectivity index (χ0n) is 8.15. The van der Waals surface area contributed by atoms with Gasteiger partial charge in [-0.15, -0.1) is 0 Å². The number of carbonyl (C=O) groups is 1. The summed E-state index contributed by atoms with van der Waals surface area (Å²) in [5.41, 5.74) is -3.54. The largest absolute Gasteiger partial charge is 0.550 e. The molecule has 0 unspecified atom stereocenters. The van der Waals surface area contributed by atoms with Crippen LogP contribution in [-0.2, 0) is 17.4 Å². The van der Waals surface area contributed by atoms with E-state index < -0.39 is 30.0 Å². The van der Waals surface area contributed by atoms with Gasteiger partial charge in [0.1, 0.15) is 5.82 Å². The highest BCUT2D eigenvalue weighted by atomic mass is 19.4. The lowest BCUT2D eigenvalue weighted by molar-refractivity contribution is -0.325. The van der Waals surface area contributed by atoms with E-state index in [-0.39, 0.29) is 0 Å². The molecule has 0 saturated carbocycles. The molecule has 16 heavy (non-hydrogen) atoms. The van der Waals surface area contributed by atoms with Crippen LogP contribution >= 0.6 is 0 Å². The van der Waals surface area contributed by atoms with Crippen molar-refractivity contribution >= 4 is 5.97 Å². The van der Waals surface area contributed by atoms with E-state index in [0.717, 1.165) is 10.8 Å². The zero-order chi connectivity index (χ0) is 12.6. The van der Waals surface area contributed by atoms with Gasteiger partial charge in [-0.1, -0.05) is 0 Å². The highest BCUT2D eigenvalue weighted by molar-refractivity contribution is 5.66. The Kier molecular flexibility index (Phi) is 2.95. The normalized spacial score (nSPS) is 15.8. The maximum Gasteiger partial charge on any atom is 0.424 e. The number of halogens is 3. The molecule has 1 heterocycles. The zero-order valence-corrected chi connectivity index (χ0v) is 8.15. The van der Waals surface area contributed by atoms with Gasteiger partial charge in [0.2, 0.25) is 5.60 Å². The number of rotatable bonds is 3. The molecule has 0 aliphatic heterocycles. The quantitative estimate of drug-likeness (QED) is 0.754. The SMILES string of the molecule is Cn1ccnc1[C@@](O)(CC(=O)[O-])C(F)(F)F. The van der Waals surface area contributed by atoms with E-state index in [1.807, 2.05) is 0 Å². The molecule has 0 saturated heterocycles. The lowest BCUT2D eigenvalue weighted by atomic mass is 9.98. The van der Waals surface area contributed by atoms with Crippen molar-refractivity contribution in [3.63, 3.8) is 0 Å². The molecule has 5 nitrogen and oxygen atoms in total. The summed E-state index contributed by atoms with van der Waals surface area (Å²) in [4.78, 5) is 13.6. The molecule has 90 valence electrons. The van der Waals surface area contributed by atoms with Gasteiger partial charge >= 0.3 is 6.18 Å². The first-order valence-corrected chi connectivity index (χ1v) is 4.15. The smallest absolute Gasteiger partial charge is 0.424 e. The lowest BCUT2D eigenvalue weighted by Gasteiger charge is -2.30. The van der Waals surface area contributed by atoms with E-state index >= 15 is 0 Å². The first-order chi connectivity index (χ1) is 7.18. The Hall–Kier alpha value is -1.57. The van der Waals surface area contributed by atoms with Crippen molar-refractivity contribution < 1.29 is 28.2 Å². The molecule has 1 rings (SSSR count). The van der Waals surface area contributed by atoms with Gasteiger partial charge in [0.25, 0.3) is 0 Å². The average Bonchev–Trinajstić information content (AvgIpc) is 2.48. The summed E-state index contributed by atoms with van der Waals surface area (Å²) in [6, 6.07) is 0. The van der Waals surface area contributed by atoms with Crippen LogP contribution in [-0.4, -0.2) is 26.8 Å². The number of nitrogens with zero attached hydrogens (tertiary/aromatic N) is 2. The molecule has 1 aromatic heterocycles. The molecule has 0 fully saturated rings. The van der Waals surface area contributed by atoms with Crippen LogP contribution in [0.4, 0.5) is 13.2 Å². The van der Waals surface area contributed by atoms with Crippen LogP contribution in [0, 0.1) is 0 Å². The van der Waals surface area contributed by atoms with Gasteiger partial charge in [-0.2, -0.15) is 13.2 Å². The molecule has 0 radical (unpaired) electrons. The fourth-order valence-corrected chi connectivity index (χ4v) is 1.28. The van der Waals surface area contributed by atoms with E-state index in [4.69, 9.17) is 0 Å². The summed E-state index contributed by atoms with van der Waals surface area (Å²) in [7, 11) is 1.22. The Morgan fingerprint density at radius 1 is 1.62 bits per heavy atom. The van der Waals surface area contributed by atoms with Crippen LogP contribution in [0.5, 0.6) is 0 Å².